The molecule has 2 heterocycles. The van der Waals surface area contributed by atoms with Gasteiger partial charge in [0.1, 0.15) is 11.7 Å². The van der Waals surface area contributed by atoms with Gasteiger partial charge < -0.3 is 15.7 Å². The van der Waals surface area contributed by atoms with Crippen molar-refractivity contribution in [3.63, 3.8) is 0 Å². The molecule has 4 rings (SSSR count). The number of nitrogens with one attached hydrogen (secondary N) is 2. The number of nitrogens with zero attached hydrogens (tertiary/aromatic N) is 3. The van der Waals surface area contributed by atoms with Gasteiger partial charge in [-0.25, -0.2) is 9.78 Å². The van der Waals surface area contributed by atoms with Crippen LogP contribution in [0.4, 0.5) is 24.7 Å². The molecule has 1 saturated carbocycles. The molecule has 0 saturated heterocycles. The van der Waals surface area contributed by atoms with Crippen molar-refractivity contribution in [3.05, 3.63) is 69.1 Å². The van der Waals surface area contributed by atoms with Gasteiger partial charge in [0.15, 0.2) is 11.4 Å². The van der Waals surface area contributed by atoms with Crippen LogP contribution < -0.4 is 16.2 Å². The maximum atomic E-state index is 13.4. The number of hydrogen-bond donors (Lipinski definition) is 3. The average molecular weight is 485 g/mol. The number of nitriles is 1. The zero-order valence-electron chi connectivity index (χ0n) is 18.9. The summed E-state index contributed by atoms with van der Waals surface area (Å²) in [7, 11) is 0. The van der Waals surface area contributed by atoms with Crippen LogP contribution in [0.3, 0.4) is 0 Å². The Hall–Kier alpha value is -4.07. The molecule has 0 aliphatic heterocycles. The van der Waals surface area contributed by atoms with E-state index in [9.17, 15) is 33.1 Å². The lowest BCUT2D eigenvalue weighted by atomic mass is 10.1. The Morgan fingerprint density at radius 1 is 1.34 bits per heavy atom. The van der Waals surface area contributed by atoms with Crippen LogP contribution in [0.15, 0.2) is 41.3 Å². The van der Waals surface area contributed by atoms with Gasteiger partial charge in [-0.15, -0.1) is 0 Å². The Balaban J connectivity index is 1.78. The molecule has 0 bridgehead atoms. The number of carbonyl (C=O) groups is 1. The number of aromatic nitrogens is 2. The van der Waals surface area contributed by atoms with Crippen molar-refractivity contribution in [2.75, 3.05) is 17.2 Å². The number of pyridine rings is 1. The van der Waals surface area contributed by atoms with Gasteiger partial charge in [0.05, 0.1) is 17.0 Å². The second kappa shape index (κ2) is 8.61. The fraction of sp³-hybridized carbons (Fsp3) is 0.333. The molecular weight excluding hydrogens is 463 g/mol. The minimum Gasteiger partial charge on any atom is -0.478 e. The first-order valence-electron chi connectivity index (χ1n) is 10.8. The van der Waals surface area contributed by atoms with Crippen molar-refractivity contribution in [3.8, 4) is 6.07 Å². The number of rotatable bonds is 7. The Morgan fingerprint density at radius 2 is 2.03 bits per heavy atom. The lowest BCUT2D eigenvalue weighted by Gasteiger charge is -2.22. The molecule has 1 aliphatic rings. The molecule has 0 amide bonds. The zero-order chi connectivity index (χ0) is 25.5. The number of benzene rings is 1. The van der Waals surface area contributed by atoms with Crippen LogP contribution in [0, 0.1) is 23.7 Å². The number of fused-ring (bicyclic) bond motifs is 1. The van der Waals surface area contributed by atoms with E-state index in [0.717, 1.165) is 0 Å². The third kappa shape index (κ3) is 4.39. The normalized spacial score (nSPS) is 15.3. The predicted octanol–water partition coefficient (Wildman–Crippen LogP) is 4.50. The zero-order valence-corrected chi connectivity index (χ0v) is 18.9. The highest BCUT2D eigenvalue weighted by atomic mass is 19.4. The van der Waals surface area contributed by atoms with E-state index in [1.807, 2.05) is 0 Å². The number of hydrogen-bond acceptors (Lipinski definition) is 6. The summed E-state index contributed by atoms with van der Waals surface area (Å²) in [6.45, 7) is 2.99. The van der Waals surface area contributed by atoms with Crippen molar-refractivity contribution < 1.29 is 23.1 Å². The summed E-state index contributed by atoms with van der Waals surface area (Å²) < 4.78 is 41.3. The van der Waals surface area contributed by atoms with E-state index in [0.29, 0.717) is 16.8 Å². The maximum absolute atomic E-state index is 13.4. The minimum atomic E-state index is -4.41. The molecular formula is C24H22F3N5O3. The summed E-state index contributed by atoms with van der Waals surface area (Å²) >= 11 is 0. The SMILES string of the molecule is Cc1cc(C(C)Nc2ccccc2C(=O)O)c2nc(NCC3(C(F)(F)F)CC3)c(C#N)c(=O)n2c1. The van der Waals surface area contributed by atoms with E-state index < -0.39 is 35.7 Å². The number of para-hydroxylation sites is 1. The van der Waals surface area contributed by atoms with Crippen LogP contribution in [-0.2, 0) is 0 Å². The topological polar surface area (TPSA) is 120 Å². The van der Waals surface area contributed by atoms with E-state index in [1.165, 1.54) is 16.7 Å². The lowest BCUT2D eigenvalue weighted by Crippen LogP contribution is -2.32. The molecule has 35 heavy (non-hydrogen) atoms. The van der Waals surface area contributed by atoms with Gasteiger partial charge in [-0.05, 0) is 50.5 Å². The van der Waals surface area contributed by atoms with Crippen LogP contribution in [0.5, 0.6) is 0 Å². The van der Waals surface area contributed by atoms with Crippen LogP contribution in [0.25, 0.3) is 5.65 Å². The van der Waals surface area contributed by atoms with Gasteiger partial charge in [-0.2, -0.15) is 18.4 Å². The first-order valence-corrected chi connectivity index (χ1v) is 10.8. The van der Waals surface area contributed by atoms with E-state index in [1.54, 1.807) is 44.2 Å². The minimum absolute atomic E-state index is 0.0354. The van der Waals surface area contributed by atoms with Crippen molar-refractivity contribution in [2.45, 2.75) is 38.9 Å². The maximum Gasteiger partial charge on any atom is 0.396 e. The Labute approximate surface area is 198 Å². The smallest absolute Gasteiger partial charge is 0.396 e. The first kappa shape index (κ1) is 24.1. The van der Waals surface area contributed by atoms with Gasteiger partial charge >= 0.3 is 12.1 Å². The highest BCUT2D eigenvalue weighted by Gasteiger charge is 2.63. The molecule has 0 spiro atoms. The van der Waals surface area contributed by atoms with Crippen molar-refractivity contribution >= 4 is 23.1 Å². The summed E-state index contributed by atoms with van der Waals surface area (Å²) in [5.74, 6) is -1.33. The van der Waals surface area contributed by atoms with E-state index in [-0.39, 0.29) is 35.4 Å². The summed E-state index contributed by atoms with van der Waals surface area (Å²) in [4.78, 5) is 29.1. The molecule has 11 heteroatoms. The van der Waals surface area contributed by atoms with E-state index in [2.05, 4.69) is 15.6 Å². The predicted molar refractivity (Wildman–Crippen MR) is 123 cm³/mol. The monoisotopic (exact) mass is 485 g/mol. The average Bonchev–Trinajstić information content (AvgIpc) is 3.59. The van der Waals surface area contributed by atoms with E-state index >= 15 is 0 Å². The van der Waals surface area contributed by atoms with Crippen molar-refractivity contribution in [2.24, 2.45) is 5.41 Å². The van der Waals surface area contributed by atoms with Crippen LogP contribution in [0.1, 0.15) is 52.9 Å². The van der Waals surface area contributed by atoms with E-state index in [4.69, 9.17) is 0 Å². The molecule has 1 fully saturated rings. The summed E-state index contributed by atoms with van der Waals surface area (Å²) in [6.07, 6.45) is -2.98. The molecule has 1 unspecified atom stereocenters. The molecule has 182 valence electrons. The number of aromatic carboxylic acids is 1. The molecule has 8 nitrogen and oxygen atoms in total. The summed E-state index contributed by atoms with van der Waals surface area (Å²) in [5, 5.41) is 24.7. The van der Waals surface area contributed by atoms with Gasteiger partial charge in [0.25, 0.3) is 5.56 Å². The fourth-order valence-corrected chi connectivity index (χ4v) is 4.03. The highest BCUT2D eigenvalue weighted by molar-refractivity contribution is 5.94. The second-order valence-electron chi connectivity index (χ2n) is 8.77. The fourth-order valence-electron chi connectivity index (χ4n) is 4.03. The molecule has 2 aromatic heterocycles. The number of alkyl halides is 3. The second-order valence-corrected chi connectivity index (χ2v) is 8.77. The summed E-state index contributed by atoms with van der Waals surface area (Å²) in [6, 6.07) is 9.29. The number of carboxylic acid groups (broad SMARTS) is 1. The molecule has 1 aliphatic carbocycles. The number of carboxylic acids is 1. The Bertz CT molecular complexity index is 1420. The molecule has 0 radical (unpaired) electrons. The van der Waals surface area contributed by atoms with Gasteiger partial charge in [0.2, 0.25) is 0 Å². The van der Waals surface area contributed by atoms with Crippen LogP contribution in [0.2, 0.25) is 0 Å². The molecule has 1 aromatic carbocycles. The Kier molecular flexibility index (Phi) is 5.92. The third-order valence-electron chi connectivity index (χ3n) is 6.25. The molecule has 3 aromatic rings. The van der Waals surface area contributed by atoms with Crippen molar-refractivity contribution in [1.29, 1.82) is 5.26 Å². The van der Waals surface area contributed by atoms with Crippen LogP contribution in [-0.4, -0.2) is 33.2 Å². The molecule has 1 atom stereocenters. The quantitative estimate of drug-likeness (QED) is 0.451. The number of halogens is 3. The van der Waals surface area contributed by atoms with Gasteiger partial charge in [-0.1, -0.05) is 12.1 Å². The van der Waals surface area contributed by atoms with Crippen molar-refractivity contribution in [1.82, 2.24) is 9.38 Å². The van der Waals surface area contributed by atoms with Crippen LogP contribution >= 0.6 is 0 Å². The number of aryl methyl sites for hydroxylation is 1. The molecule has 3 N–H and O–H groups in total. The first-order chi connectivity index (χ1) is 16.5. The largest absolute Gasteiger partial charge is 0.478 e. The highest BCUT2D eigenvalue weighted by Crippen LogP contribution is 2.57. The standard InChI is InChI=1S/C24H22F3N5O3/c1-13-9-16(14(2)30-18-6-4-3-5-15(18)22(34)35)20-31-19(17(10-28)21(33)32(20)11-13)29-12-23(7-8-23)24(25,26)27/h3-6,9,11,14,29-30H,7-8,12H2,1-2H3,(H,34,35). The van der Waals surface area contributed by atoms with Gasteiger partial charge in [0, 0.05) is 24.0 Å². The number of anilines is 2. The van der Waals surface area contributed by atoms with Gasteiger partial charge in [-0.3, -0.25) is 9.20 Å². The Morgan fingerprint density at radius 3 is 2.63 bits per heavy atom. The lowest BCUT2D eigenvalue weighted by molar-refractivity contribution is -0.182. The third-order valence-corrected chi connectivity index (χ3v) is 6.25. The summed E-state index contributed by atoms with van der Waals surface area (Å²) in [5.41, 5.74) is -1.25.